The van der Waals surface area contributed by atoms with E-state index in [0.29, 0.717) is 17.1 Å². The number of benzene rings is 2. The third kappa shape index (κ3) is 3.49. The molecule has 2 aromatic rings. The highest BCUT2D eigenvalue weighted by atomic mass is 79.9. The van der Waals surface area contributed by atoms with Crippen molar-refractivity contribution in [2.75, 3.05) is 5.32 Å². The van der Waals surface area contributed by atoms with E-state index in [9.17, 15) is 10.1 Å². The number of halogens is 2. The molecule has 0 aliphatic heterocycles. The largest absolute Gasteiger partial charge is 0.380 e. The molecule has 0 aliphatic rings. The second-order valence-corrected chi connectivity index (χ2v) is 5.70. The first-order valence-electron chi connectivity index (χ1n) is 5.90. The summed E-state index contributed by atoms with van der Waals surface area (Å²) in [7, 11) is 0. The van der Waals surface area contributed by atoms with Crippen LogP contribution >= 0.6 is 27.5 Å². The molecule has 0 bridgehead atoms. The number of nitrogens with one attached hydrogen (secondary N) is 1. The molecule has 0 aliphatic carbocycles. The number of nitro groups is 1. The van der Waals surface area contributed by atoms with Gasteiger partial charge >= 0.3 is 0 Å². The van der Waals surface area contributed by atoms with Crippen LogP contribution in [0.1, 0.15) is 11.1 Å². The summed E-state index contributed by atoms with van der Waals surface area (Å²) >= 11 is 9.28. The Morgan fingerprint density at radius 3 is 2.75 bits per heavy atom. The summed E-state index contributed by atoms with van der Waals surface area (Å²) in [5.41, 5.74) is 2.61. The third-order valence-electron chi connectivity index (χ3n) is 2.91. The van der Waals surface area contributed by atoms with Gasteiger partial charge in [-0.15, -0.1) is 0 Å². The van der Waals surface area contributed by atoms with Crippen molar-refractivity contribution in [3.8, 4) is 0 Å². The molecule has 0 saturated heterocycles. The summed E-state index contributed by atoms with van der Waals surface area (Å²) in [6.07, 6.45) is 0. The van der Waals surface area contributed by atoms with Gasteiger partial charge in [-0.2, -0.15) is 0 Å². The smallest absolute Gasteiger partial charge is 0.274 e. The molecule has 0 aromatic heterocycles. The first-order valence-corrected chi connectivity index (χ1v) is 7.07. The highest BCUT2D eigenvalue weighted by Crippen LogP contribution is 2.25. The molecule has 0 saturated carbocycles. The summed E-state index contributed by atoms with van der Waals surface area (Å²) in [6.45, 7) is 2.31. The highest BCUT2D eigenvalue weighted by molar-refractivity contribution is 9.10. The number of nitro benzene ring substituents is 1. The van der Waals surface area contributed by atoms with Crippen LogP contribution in [0.2, 0.25) is 5.02 Å². The lowest BCUT2D eigenvalue weighted by Gasteiger charge is -2.10. The first-order chi connectivity index (χ1) is 9.47. The number of hydrogen-bond acceptors (Lipinski definition) is 3. The lowest BCUT2D eigenvalue weighted by Crippen LogP contribution is -2.04. The van der Waals surface area contributed by atoms with E-state index in [1.807, 2.05) is 19.1 Å². The highest BCUT2D eigenvalue weighted by Gasteiger charge is 2.13. The normalized spacial score (nSPS) is 10.3. The minimum atomic E-state index is -0.381. The van der Waals surface area contributed by atoms with Gasteiger partial charge in [0.1, 0.15) is 0 Å². The Morgan fingerprint density at radius 2 is 2.05 bits per heavy atom. The van der Waals surface area contributed by atoms with Crippen molar-refractivity contribution in [2.24, 2.45) is 0 Å². The second kappa shape index (κ2) is 6.24. The maximum absolute atomic E-state index is 11.0. The van der Waals surface area contributed by atoms with Gasteiger partial charge in [-0.3, -0.25) is 10.1 Å². The van der Waals surface area contributed by atoms with Gasteiger partial charge in [0, 0.05) is 33.4 Å². The predicted octanol–water partition coefficient (Wildman–Crippen LogP) is 4.93. The molecule has 6 heteroatoms. The molecule has 2 aromatic carbocycles. The minimum Gasteiger partial charge on any atom is -0.380 e. The Labute approximate surface area is 130 Å². The number of aryl methyl sites for hydroxylation is 1. The zero-order valence-corrected chi connectivity index (χ0v) is 13.0. The van der Waals surface area contributed by atoms with Gasteiger partial charge in [-0.25, -0.2) is 0 Å². The average molecular weight is 356 g/mol. The van der Waals surface area contributed by atoms with E-state index in [2.05, 4.69) is 21.2 Å². The van der Waals surface area contributed by atoms with Crippen LogP contribution in [0.5, 0.6) is 0 Å². The van der Waals surface area contributed by atoms with E-state index in [-0.39, 0.29) is 10.6 Å². The molecule has 0 fully saturated rings. The third-order valence-corrected chi connectivity index (χ3v) is 3.64. The fourth-order valence-electron chi connectivity index (χ4n) is 1.85. The zero-order chi connectivity index (χ0) is 14.7. The van der Waals surface area contributed by atoms with E-state index in [1.165, 1.54) is 6.07 Å². The summed E-state index contributed by atoms with van der Waals surface area (Å²) < 4.78 is 0.808. The molecule has 0 atom stereocenters. The monoisotopic (exact) mass is 354 g/mol. The average Bonchev–Trinajstić information content (AvgIpc) is 2.39. The van der Waals surface area contributed by atoms with Crippen LogP contribution in [-0.2, 0) is 6.54 Å². The van der Waals surface area contributed by atoms with E-state index in [0.717, 1.165) is 15.7 Å². The van der Waals surface area contributed by atoms with E-state index >= 15 is 0 Å². The van der Waals surface area contributed by atoms with Crippen LogP contribution in [0.15, 0.2) is 40.9 Å². The summed E-state index contributed by atoms with van der Waals surface area (Å²) in [5.74, 6) is 0. The molecule has 0 heterocycles. The second-order valence-electron chi connectivity index (χ2n) is 4.34. The van der Waals surface area contributed by atoms with Crippen LogP contribution in [0.25, 0.3) is 0 Å². The van der Waals surface area contributed by atoms with Crippen LogP contribution in [0, 0.1) is 17.0 Å². The molecule has 4 nitrogen and oxygen atoms in total. The van der Waals surface area contributed by atoms with Gasteiger partial charge in [0.25, 0.3) is 5.69 Å². The predicted molar refractivity (Wildman–Crippen MR) is 84.3 cm³/mol. The fourth-order valence-corrected chi connectivity index (χ4v) is 2.43. The molecule has 20 heavy (non-hydrogen) atoms. The molecule has 2 rings (SSSR count). The Kier molecular flexibility index (Phi) is 4.62. The lowest BCUT2D eigenvalue weighted by atomic mass is 10.1. The molecule has 0 radical (unpaired) electrons. The molecule has 1 N–H and O–H groups in total. The van der Waals surface area contributed by atoms with Crippen molar-refractivity contribution < 1.29 is 4.92 Å². The van der Waals surface area contributed by atoms with Crippen molar-refractivity contribution >= 4 is 38.9 Å². The van der Waals surface area contributed by atoms with Crippen LogP contribution in [0.3, 0.4) is 0 Å². The fraction of sp³-hybridized carbons (Fsp3) is 0.143. The van der Waals surface area contributed by atoms with Crippen molar-refractivity contribution in [1.82, 2.24) is 0 Å². The van der Waals surface area contributed by atoms with Crippen molar-refractivity contribution in [1.29, 1.82) is 0 Å². The molecular weight excluding hydrogens is 344 g/mol. The quantitative estimate of drug-likeness (QED) is 0.625. The summed E-state index contributed by atoms with van der Waals surface area (Å²) in [6, 6.07) is 10.4. The molecular formula is C14H12BrClN2O2. The SMILES string of the molecule is Cc1ccc(Cl)cc1NCc1cc(Br)ccc1[N+](=O)[O-]. The minimum absolute atomic E-state index is 0.0976. The Balaban J connectivity index is 2.24. The summed E-state index contributed by atoms with van der Waals surface area (Å²) in [4.78, 5) is 10.6. The van der Waals surface area contributed by atoms with Crippen molar-refractivity contribution in [3.05, 3.63) is 67.1 Å². The van der Waals surface area contributed by atoms with Gasteiger partial charge in [-0.1, -0.05) is 33.6 Å². The molecule has 0 spiro atoms. The zero-order valence-electron chi connectivity index (χ0n) is 10.7. The standard InChI is InChI=1S/C14H12BrClN2O2/c1-9-2-4-12(16)7-13(9)17-8-10-6-11(15)3-5-14(10)18(19)20/h2-7,17H,8H2,1H3. The number of nitrogens with zero attached hydrogens (tertiary/aromatic N) is 1. The number of rotatable bonds is 4. The Morgan fingerprint density at radius 1 is 1.30 bits per heavy atom. The van der Waals surface area contributed by atoms with Gasteiger partial charge in [0.15, 0.2) is 0 Å². The molecule has 0 amide bonds. The lowest BCUT2D eigenvalue weighted by molar-refractivity contribution is -0.385. The maximum Gasteiger partial charge on any atom is 0.274 e. The Bertz CT molecular complexity index is 662. The van der Waals surface area contributed by atoms with Gasteiger partial charge < -0.3 is 5.32 Å². The van der Waals surface area contributed by atoms with E-state index in [1.54, 1.807) is 18.2 Å². The van der Waals surface area contributed by atoms with Crippen LogP contribution in [-0.4, -0.2) is 4.92 Å². The van der Waals surface area contributed by atoms with Gasteiger partial charge in [0.05, 0.1) is 4.92 Å². The first kappa shape index (κ1) is 14.8. The van der Waals surface area contributed by atoms with Crippen LogP contribution in [0.4, 0.5) is 11.4 Å². The maximum atomic E-state index is 11.0. The molecule has 0 unspecified atom stereocenters. The van der Waals surface area contributed by atoms with Gasteiger partial charge in [0.2, 0.25) is 0 Å². The van der Waals surface area contributed by atoms with E-state index < -0.39 is 0 Å². The number of anilines is 1. The molecule has 104 valence electrons. The van der Waals surface area contributed by atoms with Gasteiger partial charge in [-0.05, 0) is 36.8 Å². The topological polar surface area (TPSA) is 55.2 Å². The van der Waals surface area contributed by atoms with E-state index in [4.69, 9.17) is 11.6 Å². The van der Waals surface area contributed by atoms with Crippen molar-refractivity contribution in [3.63, 3.8) is 0 Å². The van der Waals surface area contributed by atoms with Crippen LogP contribution < -0.4 is 5.32 Å². The Hall–Kier alpha value is -1.59. The number of hydrogen-bond donors (Lipinski definition) is 1. The summed E-state index contributed by atoms with van der Waals surface area (Å²) in [5, 5.41) is 14.8. The van der Waals surface area contributed by atoms with Crippen molar-refractivity contribution in [2.45, 2.75) is 13.5 Å².